The van der Waals surface area contributed by atoms with Crippen LogP contribution in [0.3, 0.4) is 0 Å². The standard InChI is InChI=1S/C8H10N2S/c9-5-6-2-1-3-7(4-6)8(10)11/h1-4H,5,9H2,(H2,10,11). The third-order valence-corrected chi connectivity index (χ3v) is 1.68. The Kier molecular flexibility index (Phi) is 2.57. The molecule has 0 aromatic heterocycles. The molecular formula is C8H10N2S. The van der Waals surface area contributed by atoms with Crippen LogP contribution in [0.1, 0.15) is 11.1 Å². The van der Waals surface area contributed by atoms with Gasteiger partial charge in [0.05, 0.1) is 0 Å². The topological polar surface area (TPSA) is 52.0 Å². The summed E-state index contributed by atoms with van der Waals surface area (Å²) in [5.74, 6) is 0. The van der Waals surface area contributed by atoms with Crippen LogP contribution in [0.2, 0.25) is 0 Å². The lowest BCUT2D eigenvalue weighted by Crippen LogP contribution is -2.10. The molecular weight excluding hydrogens is 156 g/mol. The van der Waals surface area contributed by atoms with Crippen LogP contribution in [0.15, 0.2) is 24.3 Å². The van der Waals surface area contributed by atoms with E-state index in [-0.39, 0.29) is 0 Å². The van der Waals surface area contributed by atoms with E-state index < -0.39 is 0 Å². The SMILES string of the molecule is NCc1cccc(C(N)=S)c1. The lowest BCUT2D eigenvalue weighted by Gasteiger charge is -1.99. The van der Waals surface area contributed by atoms with Crippen molar-refractivity contribution >= 4 is 17.2 Å². The van der Waals surface area contributed by atoms with Gasteiger partial charge in [-0.2, -0.15) is 0 Å². The lowest BCUT2D eigenvalue weighted by atomic mass is 10.1. The highest BCUT2D eigenvalue weighted by atomic mass is 32.1. The molecule has 0 saturated heterocycles. The molecule has 0 aliphatic rings. The van der Waals surface area contributed by atoms with Gasteiger partial charge in [0.1, 0.15) is 4.99 Å². The van der Waals surface area contributed by atoms with Crippen LogP contribution in [0.25, 0.3) is 0 Å². The Morgan fingerprint density at radius 1 is 1.45 bits per heavy atom. The molecule has 1 aromatic carbocycles. The van der Waals surface area contributed by atoms with E-state index in [1.165, 1.54) is 0 Å². The Balaban J connectivity index is 3.01. The summed E-state index contributed by atoms with van der Waals surface area (Å²) < 4.78 is 0. The van der Waals surface area contributed by atoms with Crippen LogP contribution in [0.5, 0.6) is 0 Å². The van der Waals surface area contributed by atoms with E-state index in [0.717, 1.165) is 11.1 Å². The third kappa shape index (κ3) is 2.00. The van der Waals surface area contributed by atoms with E-state index >= 15 is 0 Å². The molecule has 4 N–H and O–H groups in total. The Morgan fingerprint density at radius 2 is 2.18 bits per heavy atom. The highest BCUT2D eigenvalue weighted by molar-refractivity contribution is 7.80. The first kappa shape index (κ1) is 8.17. The lowest BCUT2D eigenvalue weighted by molar-refractivity contribution is 1.07. The zero-order valence-corrected chi connectivity index (χ0v) is 6.90. The molecule has 0 aliphatic carbocycles. The number of thiocarbonyl (C=S) groups is 1. The summed E-state index contributed by atoms with van der Waals surface area (Å²) in [4.78, 5) is 0.417. The van der Waals surface area contributed by atoms with Crippen molar-refractivity contribution < 1.29 is 0 Å². The van der Waals surface area contributed by atoms with Gasteiger partial charge in [-0.3, -0.25) is 0 Å². The maximum Gasteiger partial charge on any atom is 0.103 e. The van der Waals surface area contributed by atoms with Gasteiger partial charge in [0, 0.05) is 12.1 Å². The van der Waals surface area contributed by atoms with Crippen molar-refractivity contribution in [3.8, 4) is 0 Å². The van der Waals surface area contributed by atoms with Crippen LogP contribution in [0.4, 0.5) is 0 Å². The van der Waals surface area contributed by atoms with Crippen molar-refractivity contribution in [2.75, 3.05) is 0 Å². The van der Waals surface area contributed by atoms with Gasteiger partial charge in [0.15, 0.2) is 0 Å². The molecule has 0 radical (unpaired) electrons. The van der Waals surface area contributed by atoms with Crippen LogP contribution >= 0.6 is 12.2 Å². The van der Waals surface area contributed by atoms with E-state index in [4.69, 9.17) is 23.7 Å². The smallest absolute Gasteiger partial charge is 0.103 e. The number of nitrogens with two attached hydrogens (primary N) is 2. The minimum Gasteiger partial charge on any atom is -0.389 e. The largest absolute Gasteiger partial charge is 0.389 e. The molecule has 0 spiro atoms. The molecule has 0 bridgehead atoms. The van der Waals surface area contributed by atoms with Gasteiger partial charge in [-0.15, -0.1) is 0 Å². The van der Waals surface area contributed by atoms with Gasteiger partial charge in [-0.25, -0.2) is 0 Å². The molecule has 1 aromatic rings. The molecule has 0 aliphatic heterocycles. The van der Waals surface area contributed by atoms with E-state index in [9.17, 15) is 0 Å². The van der Waals surface area contributed by atoms with E-state index in [2.05, 4.69) is 0 Å². The number of hydrogen-bond donors (Lipinski definition) is 2. The number of benzene rings is 1. The van der Waals surface area contributed by atoms with Gasteiger partial charge in [-0.05, 0) is 11.6 Å². The average Bonchev–Trinajstić information content (AvgIpc) is 2.05. The molecule has 11 heavy (non-hydrogen) atoms. The molecule has 0 fully saturated rings. The van der Waals surface area contributed by atoms with Crippen molar-refractivity contribution in [1.82, 2.24) is 0 Å². The summed E-state index contributed by atoms with van der Waals surface area (Å²) in [5.41, 5.74) is 12.8. The summed E-state index contributed by atoms with van der Waals surface area (Å²) in [6, 6.07) is 7.63. The predicted octanol–water partition coefficient (Wildman–Crippen LogP) is 0.780. The minimum atomic E-state index is 0.417. The normalized spacial score (nSPS) is 9.55. The summed E-state index contributed by atoms with van der Waals surface area (Å²) >= 11 is 4.81. The zero-order chi connectivity index (χ0) is 8.27. The molecule has 0 saturated carbocycles. The van der Waals surface area contributed by atoms with Crippen LogP contribution < -0.4 is 11.5 Å². The van der Waals surface area contributed by atoms with E-state index in [0.29, 0.717) is 11.5 Å². The molecule has 58 valence electrons. The Labute approximate surface area is 71.2 Å². The van der Waals surface area contributed by atoms with Gasteiger partial charge in [-0.1, -0.05) is 30.4 Å². The fraction of sp³-hybridized carbons (Fsp3) is 0.125. The number of hydrogen-bond acceptors (Lipinski definition) is 2. The van der Waals surface area contributed by atoms with Gasteiger partial charge >= 0.3 is 0 Å². The second kappa shape index (κ2) is 3.46. The maximum absolute atomic E-state index is 5.43. The van der Waals surface area contributed by atoms with Gasteiger partial charge in [0.2, 0.25) is 0 Å². The average molecular weight is 166 g/mol. The van der Waals surface area contributed by atoms with Crippen LogP contribution in [0, 0.1) is 0 Å². The Bertz CT molecular complexity index is 271. The minimum absolute atomic E-state index is 0.417. The van der Waals surface area contributed by atoms with E-state index in [1.54, 1.807) is 0 Å². The summed E-state index contributed by atoms with van der Waals surface area (Å²) in [7, 11) is 0. The second-order valence-electron chi connectivity index (χ2n) is 2.27. The molecule has 0 unspecified atom stereocenters. The Morgan fingerprint density at radius 3 is 2.73 bits per heavy atom. The first-order valence-corrected chi connectivity index (χ1v) is 3.73. The van der Waals surface area contributed by atoms with Gasteiger partial charge < -0.3 is 11.5 Å². The fourth-order valence-corrected chi connectivity index (χ4v) is 0.979. The van der Waals surface area contributed by atoms with Crippen molar-refractivity contribution in [2.24, 2.45) is 11.5 Å². The molecule has 0 amide bonds. The first-order valence-electron chi connectivity index (χ1n) is 3.33. The zero-order valence-electron chi connectivity index (χ0n) is 6.08. The molecule has 0 atom stereocenters. The number of rotatable bonds is 2. The molecule has 3 heteroatoms. The molecule has 2 nitrogen and oxygen atoms in total. The van der Waals surface area contributed by atoms with Crippen LogP contribution in [-0.4, -0.2) is 4.99 Å². The highest BCUT2D eigenvalue weighted by Gasteiger charge is 1.95. The van der Waals surface area contributed by atoms with Gasteiger partial charge in [0.25, 0.3) is 0 Å². The quantitative estimate of drug-likeness (QED) is 0.638. The molecule has 1 rings (SSSR count). The summed E-state index contributed by atoms with van der Waals surface area (Å²) in [6.07, 6.45) is 0. The summed E-state index contributed by atoms with van der Waals surface area (Å²) in [5, 5.41) is 0. The monoisotopic (exact) mass is 166 g/mol. The highest BCUT2D eigenvalue weighted by Crippen LogP contribution is 2.03. The van der Waals surface area contributed by atoms with Crippen molar-refractivity contribution in [2.45, 2.75) is 6.54 Å². The maximum atomic E-state index is 5.43. The second-order valence-corrected chi connectivity index (χ2v) is 2.71. The van der Waals surface area contributed by atoms with Crippen molar-refractivity contribution in [1.29, 1.82) is 0 Å². The molecule has 0 heterocycles. The Hall–Kier alpha value is -0.930. The summed E-state index contributed by atoms with van der Waals surface area (Å²) in [6.45, 7) is 0.524. The van der Waals surface area contributed by atoms with Crippen molar-refractivity contribution in [3.05, 3.63) is 35.4 Å². The predicted molar refractivity (Wildman–Crippen MR) is 50.2 cm³/mol. The van der Waals surface area contributed by atoms with E-state index in [1.807, 2.05) is 24.3 Å². The first-order chi connectivity index (χ1) is 5.24. The third-order valence-electron chi connectivity index (χ3n) is 1.45. The van der Waals surface area contributed by atoms with Crippen molar-refractivity contribution in [3.63, 3.8) is 0 Å². The fourth-order valence-electron chi connectivity index (χ4n) is 0.852. The van der Waals surface area contributed by atoms with Crippen LogP contribution in [-0.2, 0) is 6.54 Å².